The van der Waals surface area contributed by atoms with E-state index in [4.69, 9.17) is 5.73 Å². The largest absolute Gasteiger partial charge is 0.371 e. The highest BCUT2D eigenvalue weighted by atomic mass is 32.2. The van der Waals surface area contributed by atoms with Gasteiger partial charge < -0.3 is 15.5 Å². The Hall–Kier alpha value is -3.12. The van der Waals surface area contributed by atoms with E-state index in [9.17, 15) is 18.0 Å². The first-order valence-corrected chi connectivity index (χ1v) is 13.7. The van der Waals surface area contributed by atoms with Gasteiger partial charge in [0, 0.05) is 69.7 Å². The number of nitrogens with one attached hydrogen (secondary N) is 1. The van der Waals surface area contributed by atoms with E-state index in [0.717, 1.165) is 56.5 Å². The SMILES string of the molecule is Cc1ccc(CN2CCN(C(=O)n3ccc(NS(C)(=O)=O)n3)CC2)cc1N1CCC(C(N)=O)CC1. The number of anilines is 2. The van der Waals surface area contributed by atoms with E-state index in [1.807, 2.05) is 0 Å². The van der Waals surface area contributed by atoms with Gasteiger partial charge in [-0.05, 0) is 37.0 Å². The molecule has 1 aromatic carbocycles. The Labute approximate surface area is 205 Å². The third-order valence-electron chi connectivity index (χ3n) is 6.64. The van der Waals surface area contributed by atoms with Gasteiger partial charge in [0.1, 0.15) is 0 Å². The lowest BCUT2D eigenvalue weighted by molar-refractivity contribution is -0.122. The van der Waals surface area contributed by atoms with E-state index >= 15 is 0 Å². The zero-order valence-corrected chi connectivity index (χ0v) is 21.0. The number of aryl methyl sites for hydroxylation is 1. The van der Waals surface area contributed by atoms with E-state index < -0.39 is 10.0 Å². The van der Waals surface area contributed by atoms with Crippen molar-refractivity contribution in [2.45, 2.75) is 26.3 Å². The van der Waals surface area contributed by atoms with Gasteiger partial charge in [-0.1, -0.05) is 12.1 Å². The molecule has 1 aromatic heterocycles. The summed E-state index contributed by atoms with van der Waals surface area (Å²) in [6, 6.07) is 7.71. The molecule has 3 N–H and O–H groups in total. The van der Waals surface area contributed by atoms with Gasteiger partial charge in [-0.2, -0.15) is 4.68 Å². The molecule has 12 heteroatoms. The van der Waals surface area contributed by atoms with Crippen molar-refractivity contribution in [3.63, 3.8) is 0 Å². The van der Waals surface area contributed by atoms with Crippen LogP contribution >= 0.6 is 0 Å². The van der Waals surface area contributed by atoms with E-state index in [0.29, 0.717) is 13.1 Å². The molecule has 2 amide bonds. The Balaban J connectivity index is 1.32. The van der Waals surface area contributed by atoms with Crippen molar-refractivity contribution in [2.75, 3.05) is 55.1 Å². The normalized spacial score (nSPS) is 18.0. The van der Waals surface area contributed by atoms with Crippen LogP contribution in [0.25, 0.3) is 0 Å². The number of hydrogen-bond acceptors (Lipinski definition) is 7. The molecular formula is C23H33N7O4S. The molecule has 0 spiro atoms. The zero-order valence-electron chi connectivity index (χ0n) is 20.2. The molecule has 2 aromatic rings. The minimum atomic E-state index is -3.45. The highest BCUT2D eigenvalue weighted by Crippen LogP contribution is 2.27. The first-order chi connectivity index (χ1) is 16.6. The predicted octanol–water partition coefficient (Wildman–Crippen LogP) is 1.05. The van der Waals surface area contributed by atoms with Gasteiger partial charge in [0.2, 0.25) is 15.9 Å². The van der Waals surface area contributed by atoms with Gasteiger partial charge in [-0.25, -0.2) is 13.2 Å². The number of nitrogens with two attached hydrogens (primary N) is 1. The maximum atomic E-state index is 12.8. The standard InChI is InChI=1S/C23H33N7O4S/c1-17-3-4-18(15-20(17)28-8-5-19(6-9-28)22(24)31)16-27-11-13-29(14-12-27)23(32)30-10-7-21(25-30)26-35(2,33)34/h3-4,7,10,15,19H,5-6,8-9,11-14,16H2,1-2H3,(H2,24,31)(H,25,26). The third kappa shape index (κ3) is 6.31. The fraction of sp³-hybridized carbons (Fsp3) is 0.522. The van der Waals surface area contributed by atoms with E-state index in [-0.39, 0.29) is 23.7 Å². The van der Waals surface area contributed by atoms with Crippen molar-refractivity contribution in [1.82, 2.24) is 19.6 Å². The number of sulfonamides is 1. The van der Waals surface area contributed by atoms with E-state index in [2.05, 4.69) is 44.7 Å². The van der Waals surface area contributed by atoms with Crippen molar-refractivity contribution in [3.8, 4) is 0 Å². The fourth-order valence-corrected chi connectivity index (χ4v) is 5.16. The number of rotatable bonds is 6. The van der Waals surface area contributed by atoms with Gasteiger partial charge >= 0.3 is 6.03 Å². The van der Waals surface area contributed by atoms with Crippen molar-refractivity contribution < 1.29 is 18.0 Å². The van der Waals surface area contributed by atoms with Crippen LogP contribution in [0.5, 0.6) is 0 Å². The Kier molecular flexibility index (Phi) is 7.31. The first kappa shape index (κ1) is 25.0. The summed E-state index contributed by atoms with van der Waals surface area (Å²) in [5.74, 6) is -0.113. The monoisotopic (exact) mass is 503 g/mol. The number of primary amides is 1. The van der Waals surface area contributed by atoms with Crippen LogP contribution in [0.2, 0.25) is 0 Å². The van der Waals surface area contributed by atoms with Crippen LogP contribution < -0.4 is 15.4 Å². The summed E-state index contributed by atoms with van der Waals surface area (Å²) in [5, 5.41) is 4.03. The van der Waals surface area contributed by atoms with Crippen LogP contribution in [0.15, 0.2) is 30.5 Å². The van der Waals surface area contributed by atoms with Crippen LogP contribution in [0.1, 0.15) is 24.0 Å². The summed E-state index contributed by atoms with van der Waals surface area (Å²) >= 11 is 0. The van der Waals surface area contributed by atoms with Crippen molar-refractivity contribution in [2.24, 2.45) is 11.7 Å². The molecule has 0 radical (unpaired) electrons. The molecule has 4 rings (SSSR count). The predicted molar refractivity (Wildman–Crippen MR) is 134 cm³/mol. The average molecular weight is 504 g/mol. The van der Waals surface area contributed by atoms with Gasteiger partial charge in [-0.15, -0.1) is 5.10 Å². The number of hydrogen-bond donors (Lipinski definition) is 2. The number of aromatic nitrogens is 2. The van der Waals surface area contributed by atoms with Gasteiger partial charge in [0.05, 0.1) is 6.26 Å². The lowest BCUT2D eigenvalue weighted by Gasteiger charge is -2.35. The molecule has 2 saturated heterocycles. The van der Waals surface area contributed by atoms with Crippen LogP contribution in [0, 0.1) is 12.8 Å². The lowest BCUT2D eigenvalue weighted by atomic mass is 9.95. The summed E-state index contributed by atoms with van der Waals surface area (Å²) in [7, 11) is -3.45. The highest BCUT2D eigenvalue weighted by Gasteiger charge is 2.25. The second-order valence-corrected chi connectivity index (χ2v) is 11.1. The van der Waals surface area contributed by atoms with Gasteiger partial charge in [0.25, 0.3) is 0 Å². The molecule has 11 nitrogen and oxygen atoms in total. The molecular weight excluding hydrogens is 470 g/mol. The van der Waals surface area contributed by atoms with E-state index in [1.54, 1.807) is 4.90 Å². The average Bonchev–Trinajstić information content (AvgIpc) is 3.27. The number of amides is 2. The number of benzene rings is 1. The molecule has 0 unspecified atom stereocenters. The lowest BCUT2D eigenvalue weighted by Crippen LogP contribution is -2.49. The first-order valence-electron chi connectivity index (χ1n) is 11.8. The highest BCUT2D eigenvalue weighted by molar-refractivity contribution is 7.92. The maximum absolute atomic E-state index is 12.8. The van der Waals surface area contributed by atoms with E-state index in [1.165, 1.54) is 29.1 Å². The Bertz CT molecular complexity index is 1180. The number of carbonyl (C=O) groups is 2. The summed E-state index contributed by atoms with van der Waals surface area (Å²) in [6.45, 7) is 7.14. The fourth-order valence-electron chi connectivity index (χ4n) is 4.67. The number of piperazine rings is 1. The minimum Gasteiger partial charge on any atom is -0.371 e. The Morgan fingerprint density at radius 2 is 1.77 bits per heavy atom. The Morgan fingerprint density at radius 1 is 1.09 bits per heavy atom. The quantitative estimate of drug-likeness (QED) is 0.602. The van der Waals surface area contributed by atoms with Crippen LogP contribution in [0.3, 0.4) is 0 Å². The van der Waals surface area contributed by atoms with Crippen LogP contribution in [0.4, 0.5) is 16.3 Å². The minimum absolute atomic E-state index is 0.0296. The molecule has 2 fully saturated rings. The number of nitrogens with zero attached hydrogens (tertiary/aromatic N) is 5. The van der Waals surface area contributed by atoms with Crippen molar-refractivity contribution in [3.05, 3.63) is 41.6 Å². The molecule has 0 aliphatic carbocycles. The zero-order chi connectivity index (χ0) is 25.2. The molecule has 2 aliphatic rings. The number of piperidine rings is 1. The molecule has 2 aliphatic heterocycles. The smallest absolute Gasteiger partial charge is 0.344 e. The molecule has 190 valence electrons. The van der Waals surface area contributed by atoms with Crippen molar-refractivity contribution in [1.29, 1.82) is 0 Å². The molecule has 0 bridgehead atoms. The second kappa shape index (κ2) is 10.2. The molecule has 3 heterocycles. The number of carbonyl (C=O) groups excluding carboxylic acids is 2. The topological polar surface area (TPSA) is 134 Å². The molecule has 0 atom stereocenters. The third-order valence-corrected chi connectivity index (χ3v) is 7.22. The second-order valence-electron chi connectivity index (χ2n) is 9.35. The van der Waals surface area contributed by atoms with Crippen LogP contribution in [-0.4, -0.2) is 85.5 Å². The molecule has 35 heavy (non-hydrogen) atoms. The van der Waals surface area contributed by atoms with Gasteiger partial charge in [0.15, 0.2) is 5.82 Å². The maximum Gasteiger partial charge on any atom is 0.344 e. The van der Waals surface area contributed by atoms with Crippen molar-refractivity contribution >= 4 is 33.5 Å². The van der Waals surface area contributed by atoms with Gasteiger partial charge in [-0.3, -0.25) is 14.4 Å². The summed E-state index contributed by atoms with van der Waals surface area (Å²) in [5.41, 5.74) is 9.11. The summed E-state index contributed by atoms with van der Waals surface area (Å²) in [4.78, 5) is 30.6. The summed E-state index contributed by atoms with van der Waals surface area (Å²) in [6.07, 6.45) is 4.08. The van der Waals surface area contributed by atoms with Crippen LogP contribution in [-0.2, 0) is 21.4 Å². The Morgan fingerprint density at radius 3 is 2.40 bits per heavy atom. The summed E-state index contributed by atoms with van der Waals surface area (Å²) < 4.78 is 26.1. The molecule has 0 saturated carbocycles.